The van der Waals surface area contributed by atoms with E-state index in [9.17, 15) is 24.0 Å². The van der Waals surface area contributed by atoms with Gasteiger partial charge >= 0.3 is 11.9 Å². The van der Waals surface area contributed by atoms with Crippen LogP contribution in [0.25, 0.3) is 0 Å². The Morgan fingerprint density at radius 2 is 1.61 bits per heavy atom. The highest BCUT2D eigenvalue weighted by atomic mass is 35.5. The van der Waals surface area contributed by atoms with Gasteiger partial charge in [-0.2, -0.15) is 0 Å². The SMILES string of the molecule is CCOC(=O)c1c(NC(=O)COC(=O)CN2C(=O)c3c(Cl)c(Cl)c(Cl)c(Cl)c3C2=O)sc2c1CC[C@H](C)C2. The van der Waals surface area contributed by atoms with Gasteiger partial charge in [0.1, 0.15) is 11.5 Å². The van der Waals surface area contributed by atoms with Gasteiger partial charge in [-0.1, -0.05) is 53.3 Å². The van der Waals surface area contributed by atoms with E-state index in [4.69, 9.17) is 55.9 Å². The first-order valence-electron chi connectivity index (χ1n) is 11.4. The van der Waals surface area contributed by atoms with Crippen molar-refractivity contribution >= 4 is 92.4 Å². The van der Waals surface area contributed by atoms with Gasteiger partial charge < -0.3 is 14.8 Å². The lowest BCUT2D eigenvalue weighted by Crippen LogP contribution is -2.36. The predicted octanol–water partition coefficient (Wildman–Crippen LogP) is 5.44. The number of carbonyl (C=O) groups is 5. The molecule has 1 aliphatic heterocycles. The molecule has 0 saturated heterocycles. The van der Waals surface area contributed by atoms with Crippen LogP contribution in [0.3, 0.4) is 0 Å². The van der Waals surface area contributed by atoms with Crippen molar-refractivity contribution in [2.75, 3.05) is 25.1 Å². The first-order chi connectivity index (χ1) is 18.0. The van der Waals surface area contributed by atoms with Gasteiger partial charge in [0.2, 0.25) is 0 Å². The van der Waals surface area contributed by atoms with E-state index in [1.807, 2.05) is 0 Å². The number of fused-ring (bicyclic) bond motifs is 2. The Kier molecular flexibility index (Phi) is 8.59. The summed E-state index contributed by atoms with van der Waals surface area (Å²) in [6, 6.07) is 0. The van der Waals surface area contributed by atoms with Crippen molar-refractivity contribution in [2.24, 2.45) is 5.92 Å². The molecule has 1 aromatic heterocycles. The van der Waals surface area contributed by atoms with E-state index in [2.05, 4.69) is 12.2 Å². The summed E-state index contributed by atoms with van der Waals surface area (Å²) in [6.45, 7) is 2.46. The third kappa shape index (κ3) is 5.24. The summed E-state index contributed by atoms with van der Waals surface area (Å²) >= 11 is 25.4. The number of hydrogen-bond acceptors (Lipinski definition) is 8. The molecule has 202 valence electrons. The average Bonchev–Trinajstić information content (AvgIpc) is 3.34. The molecule has 1 N–H and O–H groups in total. The molecule has 0 radical (unpaired) electrons. The maximum absolute atomic E-state index is 12.8. The van der Waals surface area contributed by atoms with Gasteiger partial charge in [-0.25, -0.2) is 4.79 Å². The maximum atomic E-state index is 12.8. The summed E-state index contributed by atoms with van der Waals surface area (Å²) in [4.78, 5) is 64.7. The van der Waals surface area contributed by atoms with Crippen LogP contribution < -0.4 is 5.32 Å². The number of benzene rings is 1. The van der Waals surface area contributed by atoms with Gasteiger partial charge in [0.25, 0.3) is 17.7 Å². The van der Waals surface area contributed by atoms with Crippen LogP contribution in [0.5, 0.6) is 0 Å². The van der Waals surface area contributed by atoms with Gasteiger partial charge in [0.15, 0.2) is 6.61 Å². The zero-order valence-electron chi connectivity index (χ0n) is 20.0. The molecule has 0 fully saturated rings. The quantitative estimate of drug-likeness (QED) is 0.189. The lowest BCUT2D eigenvalue weighted by molar-refractivity contribution is -0.147. The molecule has 4 rings (SSSR count). The highest BCUT2D eigenvalue weighted by Crippen LogP contribution is 2.45. The molecule has 38 heavy (non-hydrogen) atoms. The van der Waals surface area contributed by atoms with Gasteiger partial charge in [-0.05, 0) is 37.7 Å². The van der Waals surface area contributed by atoms with E-state index in [1.165, 1.54) is 11.3 Å². The lowest BCUT2D eigenvalue weighted by Gasteiger charge is -2.18. The Balaban J connectivity index is 1.42. The smallest absolute Gasteiger partial charge is 0.341 e. The highest BCUT2D eigenvalue weighted by molar-refractivity contribution is 7.17. The van der Waals surface area contributed by atoms with E-state index in [0.29, 0.717) is 27.8 Å². The monoisotopic (exact) mass is 620 g/mol. The van der Waals surface area contributed by atoms with E-state index < -0.39 is 42.8 Å². The summed E-state index contributed by atoms with van der Waals surface area (Å²) in [5.74, 6) is -3.65. The van der Waals surface area contributed by atoms with Crippen LogP contribution in [0, 0.1) is 5.92 Å². The summed E-state index contributed by atoms with van der Waals surface area (Å²) < 4.78 is 10.2. The molecular formula is C24H20Cl4N2O7S. The largest absolute Gasteiger partial charge is 0.462 e. The van der Waals surface area contributed by atoms with E-state index in [1.54, 1.807) is 6.92 Å². The standard InChI is InChI=1S/C24H20Cl4N2O7S/c1-3-36-24(35)14-10-5-4-9(2)6-11(10)38-21(14)29-12(31)8-37-13(32)7-30-22(33)15-16(23(30)34)18(26)20(28)19(27)17(15)25/h9H,3-8H2,1-2H3,(H,29,31)/t9-/m0/s1. The van der Waals surface area contributed by atoms with Crippen LogP contribution in [-0.4, -0.2) is 54.3 Å². The second kappa shape index (κ2) is 11.4. The average molecular weight is 622 g/mol. The van der Waals surface area contributed by atoms with Crippen molar-refractivity contribution in [1.29, 1.82) is 0 Å². The fraction of sp³-hybridized carbons (Fsp3) is 0.375. The zero-order valence-corrected chi connectivity index (χ0v) is 23.9. The minimum Gasteiger partial charge on any atom is -0.462 e. The number of hydrogen-bond donors (Lipinski definition) is 1. The summed E-state index contributed by atoms with van der Waals surface area (Å²) in [6.07, 6.45) is 2.38. The summed E-state index contributed by atoms with van der Waals surface area (Å²) in [5.41, 5.74) is 0.630. The van der Waals surface area contributed by atoms with Gasteiger partial charge in [-0.3, -0.25) is 24.1 Å². The number of anilines is 1. The molecule has 2 heterocycles. The molecule has 1 aliphatic carbocycles. The van der Waals surface area contributed by atoms with Gasteiger partial charge in [-0.15, -0.1) is 11.3 Å². The van der Waals surface area contributed by atoms with Crippen molar-refractivity contribution in [3.63, 3.8) is 0 Å². The van der Waals surface area contributed by atoms with Gasteiger partial charge in [0.05, 0.1) is 43.4 Å². The molecule has 2 aromatic rings. The Morgan fingerprint density at radius 1 is 1.00 bits per heavy atom. The fourth-order valence-corrected chi connectivity index (χ4v) is 6.71. The number of ether oxygens (including phenoxy) is 2. The minimum atomic E-state index is -1.04. The van der Waals surface area contributed by atoms with Crippen LogP contribution in [0.4, 0.5) is 5.00 Å². The molecule has 0 bridgehead atoms. The van der Waals surface area contributed by atoms with Crippen molar-refractivity contribution in [1.82, 2.24) is 4.90 Å². The van der Waals surface area contributed by atoms with Gasteiger partial charge in [0, 0.05) is 4.88 Å². The number of amides is 3. The van der Waals surface area contributed by atoms with Crippen molar-refractivity contribution in [3.8, 4) is 0 Å². The molecule has 0 unspecified atom stereocenters. The van der Waals surface area contributed by atoms with Crippen molar-refractivity contribution < 1.29 is 33.4 Å². The Bertz CT molecular complexity index is 1340. The second-order valence-corrected chi connectivity index (χ2v) is 11.3. The minimum absolute atomic E-state index is 0.178. The lowest BCUT2D eigenvalue weighted by atomic mass is 9.88. The number of imide groups is 1. The molecule has 2 aliphatic rings. The maximum Gasteiger partial charge on any atom is 0.341 e. The Hall–Kier alpha value is -2.37. The molecule has 14 heteroatoms. The number of thiophene rings is 1. The number of rotatable bonds is 7. The molecule has 1 atom stereocenters. The number of halogens is 4. The van der Waals surface area contributed by atoms with Crippen molar-refractivity contribution in [2.45, 2.75) is 33.1 Å². The Morgan fingerprint density at radius 3 is 2.18 bits per heavy atom. The topological polar surface area (TPSA) is 119 Å². The van der Waals surface area contributed by atoms with Crippen LogP contribution in [0.1, 0.15) is 61.8 Å². The van der Waals surface area contributed by atoms with Crippen LogP contribution in [0.2, 0.25) is 20.1 Å². The first-order valence-corrected chi connectivity index (χ1v) is 13.8. The molecule has 0 spiro atoms. The summed E-state index contributed by atoms with van der Waals surface area (Å²) in [5, 5.41) is 2.00. The zero-order chi connectivity index (χ0) is 27.9. The number of carbonyl (C=O) groups excluding carboxylic acids is 5. The molecule has 3 amide bonds. The van der Waals surface area contributed by atoms with Crippen LogP contribution in [-0.2, 0) is 31.9 Å². The Labute approximate surface area is 241 Å². The number of esters is 2. The highest BCUT2D eigenvalue weighted by Gasteiger charge is 2.42. The third-order valence-electron chi connectivity index (χ3n) is 6.08. The third-order valence-corrected chi connectivity index (χ3v) is 9.05. The fourth-order valence-electron chi connectivity index (χ4n) is 4.28. The number of nitrogens with one attached hydrogen (secondary N) is 1. The van der Waals surface area contributed by atoms with Crippen LogP contribution in [0.15, 0.2) is 0 Å². The first kappa shape index (κ1) is 28.6. The van der Waals surface area contributed by atoms with E-state index >= 15 is 0 Å². The van der Waals surface area contributed by atoms with E-state index in [0.717, 1.165) is 23.3 Å². The molecule has 0 saturated carbocycles. The molecular weight excluding hydrogens is 602 g/mol. The van der Waals surface area contributed by atoms with Crippen molar-refractivity contribution in [3.05, 3.63) is 47.2 Å². The predicted molar refractivity (Wildman–Crippen MR) is 143 cm³/mol. The van der Waals surface area contributed by atoms with E-state index in [-0.39, 0.29) is 37.8 Å². The second-order valence-electron chi connectivity index (χ2n) is 8.69. The number of nitrogens with zero attached hydrogens (tertiary/aromatic N) is 1. The normalized spacial score (nSPS) is 16.3. The van der Waals surface area contributed by atoms with Crippen LogP contribution >= 0.6 is 57.7 Å². The molecule has 9 nitrogen and oxygen atoms in total. The summed E-state index contributed by atoms with van der Waals surface area (Å²) in [7, 11) is 0. The molecule has 1 aromatic carbocycles.